The van der Waals surface area contributed by atoms with Gasteiger partial charge in [-0.15, -0.1) is 0 Å². The summed E-state index contributed by atoms with van der Waals surface area (Å²) in [5, 5.41) is 13.9. The van der Waals surface area contributed by atoms with Crippen LogP contribution in [0.3, 0.4) is 0 Å². The number of aromatic amines is 1. The predicted molar refractivity (Wildman–Crippen MR) is 113 cm³/mol. The fraction of sp³-hybridized carbons (Fsp3) is 0.450. The zero-order valence-corrected chi connectivity index (χ0v) is 18.0. The molecule has 1 aromatic heterocycles. The smallest absolute Gasteiger partial charge is 0.330 e. The van der Waals surface area contributed by atoms with Crippen LogP contribution in [0.15, 0.2) is 34.0 Å². The molecular formula is C20H23Cl2N3O5. The van der Waals surface area contributed by atoms with Crippen LogP contribution in [0.4, 0.5) is 0 Å². The predicted octanol–water partition coefficient (Wildman–Crippen LogP) is 1.97. The van der Waals surface area contributed by atoms with E-state index in [9.17, 15) is 19.5 Å². The Labute approximate surface area is 182 Å². The molecule has 1 saturated heterocycles. The number of aliphatic hydroxyl groups is 1. The molecule has 1 fully saturated rings. The summed E-state index contributed by atoms with van der Waals surface area (Å²) in [7, 11) is 0. The van der Waals surface area contributed by atoms with E-state index in [1.165, 1.54) is 10.8 Å². The molecule has 1 aliphatic heterocycles. The Kier molecular flexibility index (Phi) is 7.02. The van der Waals surface area contributed by atoms with Crippen molar-refractivity contribution in [2.24, 2.45) is 0 Å². The molecule has 1 amide bonds. The van der Waals surface area contributed by atoms with Crippen LogP contribution in [0, 0.1) is 0 Å². The third-order valence-corrected chi connectivity index (χ3v) is 5.90. The lowest BCUT2D eigenvalue weighted by molar-refractivity contribution is -0.123. The van der Waals surface area contributed by atoms with Crippen molar-refractivity contribution < 1.29 is 14.6 Å². The zero-order chi connectivity index (χ0) is 22.0. The number of carbonyl (C=O) groups excluding carboxylic acids is 1. The van der Waals surface area contributed by atoms with Crippen molar-refractivity contribution in [3.05, 3.63) is 66.4 Å². The molecule has 1 unspecified atom stereocenters. The Morgan fingerprint density at radius 2 is 2.03 bits per heavy atom. The standard InChI is InChI=1S/C20H23Cl2N3O5/c1-3-11-9-25(20(29)24-19(11)28)16-7-14(26)15(30-16)8-23-18(27)10(2)17-12(21)5-4-6-13(17)22/h4-6,9-10,14-16,26H,3,7-8H2,1-2H3,(H,23,27)(H,24,28,29)/t10?,14-,15+,16+/m0/s1. The van der Waals surface area contributed by atoms with Crippen molar-refractivity contribution in [1.82, 2.24) is 14.9 Å². The van der Waals surface area contributed by atoms with Gasteiger partial charge in [0.2, 0.25) is 5.91 Å². The van der Waals surface area contributed by atoms with Gasteiger partial charge in [0.15, 0.2) is 0 Å². The molecule has 8 nitrogen and oxygen atoms in total. The van der Waals surface area contributed by atoms with E-state index < -0.39 is 35.6 Å². The molecule has 2 heterocycles. The number of aliphatic hydroxyl groups excluding tert-OH is 1. The second kappa shape index (κ2) is 9.34. The first-order valence-electron chi connectivity index (χ1n) is 9.62. The second-order valence-corrected chi connectivity index (χ2v) is 8.02. The van der Waals surface area contributed by atoms with Crippen molar-refractivity contribution in [2.45, 2.75) is 51.0 Å². The van der Waals surface area contributed by atoms with Gasteiger partial charge in [0, 0.05) is 40.3 Å². The number of amides is 1. The van der Waals surface area contributed by atoms with Crippen LogP contribution in [0.2, 0.25) is 10.0 Å². The quantitative estimate of drug-likeness (QED) is 0.615. The van der Waals surface area contributed by atoms with Crippen LogP contribution in [0.1, 0.15) is 43.5 Å². The lowest BCUT2D eigenvalue weighted by Crippen LogP contribution is -2.39. The first-order chi connectivity index (χ1) is 14.2. The van der Waals surface area contributed by atoms with E-state index in [1.54, 1.807) is 32.0 Å². The molecule has 2 aromatic rings. The Morgan fingerprint density at radius 3 is 2.67 bits per heavy atom. The number of hydrogen-bond donors (Lipinski definition) is 3. The monoisotopic (exact) mass is 455 g/mol. The number of ether oxygens (including phenoxy) is 1. The molecule has 1 aromatic carbocycles. The summed E-state index contributed by atoms with van der Waals surface area (Å²) < 4.78 is 7.05. The summed E-state index contributed by atoms with van der Waals surface area (Å²) in [6.07, 6.45) is -0.294. The average Bonchev–Trinajstić information content (AvgIpc) is 3.06. The van der Waals surface area contributed by atoms with Crippen molar-refractivity contribution in [2.75, 3.05) is 6.54 Å². The van der Waals surface area contributed by atoms with E-state index in [0.29, 0.717) is 27.6 Å². The molecule has 30 heavy (non-hydrogen) atoms. The molecule has 1 aliphatic rings. The van der Waals surface area contributed by atoms with Gasteiger partial charge in [-0.3, -0.25) is 19.1 Å². The van der Waals surface area contributed by atoms with Crippen LogP contribution < -0.4 is 16.6 Å². The van der Waals surface area contributed by atoms with Crippen molar-refractivity contribution in [1.29, 1.82) is 0 Å². The summed E-state index contributed by atoms with van der Waals surface area (Å²) in [6.45, 7) is 3.53. The highest BCUT2D eigenvalue weighted by Crippen LogP contribution is 2.32. The molecule has 10 heteroatoms. The van der Waals surface area contributed by atoms with Crippen LogP contribution >= 0.6 is 23.2 Å². The van der Waals surface area contributed by atoms with E-state index in [2.05, 4.69) is 10.3 Å². The van der Waals surface area contributed by atoms with Crippen LogP contribution in [-0.2, 0) is 16.0 Å². The maximum absolute atomic E-state index is 12.6. The van der Waals surface area contributed by atoms with Crippen molar-refractivity contribution >= 4 is 29.1 Å². The lowest BCUT2D eigenvalue weighted by atomic mass is 10.00. The van der Waals surface area contributed by atoms with Gasteiger partial charge in [0.05, 0.1) is 12.0 Å². The van der Waals surface area contributed by atoms with E-state index >= 15 is 0 Å². The van der Waals surface area contributed by atoms with E-state index in [0.717, 1.165) is 0 Å². The highest BCUT2D eigenvalue weighted by atomic mass is 35.5. The van der Waals surface area contributed by atoms with Gasteiger partial charge in [0.1, 0.15) is 12.3 Å². The molecule has 3 rings (SSSR count). The Hall–Kier alpha value is -2.13. The maximum Gasteiger partial charge on any atom is 0.330 e. The maximum atomic E-state index is 12.6. The van der Waals surface area contributed by atoms with Gasteiger partial charge in [0.25, 0.3) is 5.56 Å². The number of rotatable bonds is 6. The molecule has 0 spiro atoms. The van der Waals surface area contributed by atoms with E-state index in [-0.39, 0.29) is 18.9 Å². The zero-order valence-electron chi connectivity index (χ0n) is 16.5. The Morgan fingerprint density at radius 1 is 1.37 bits per heavy atom. The highest BCUT2D eigenvalue weighted by molar-refractivity contribution is 6.36. The minimum Gasteiger partial charge on any atom is -0.390 e. The molecular weight excluding hydrogens is 433 g/mol. The number of hydrogen-bond acceptors (Lipinski definition) is 5. The minimum absolute atomic E-state index is 0.0433. The average molecular weight is 456 g/mol. The molecule has 0 saturated carbocycles. The SMILES string of the molecule is CCc1cn([C@H]2C[C@H](O)[C@@H](CNC(=O)C(C)c3c(Cl)cccc3Cl)O2)c(=O)[nH]c1=O. The summed E-state index contributed by atoms with van der Waals surface area (Å²) in [5.41, 5.74) is -0.0831. The first-order valence-corrected chi connectivity index (χ1v) is 10.4. The minimum atomic E-state index is -0.890. The molecule has 0 aliphatic carbocycles. The normalized spacial score (nSPS) is 22.1. The molecule has 162 valence electrons. The summed E-state index contributed by atoms with van der Waals surface area (Å²) in [6, 6.07) is 5.02. The van der Waals surface area contributed by atoms with Crippen LogP contribution in [0.5, 0.6) is 0 Å². The van der Waals surface area contributed by atoms with E-state index in [4.69, 9.17) is 27.9 Å². The van der Waals surface area contributed by atoms with Gasteiger partial charge in [-0.25, -0.2) is 4.79 Å². The highest BCUT2D eigenvalue weighted by Gasteiger charge is 2.36. The molecule has 0 bridgehead atoms. The number of aryl methyl sites for hydroxylation is 1. The number of nitrogens with zero attached hydrogens (tertiary/aromatic N) is 1. The van der Waals surface area contributed by atoms with Gasteiger partial charge in [-0.2, -0.15) is 0 Å². The number of nitrogens with one attached hydrogen (secondary N) is 2. The van der Waals surface area contributed by atoms with Gasteiger partial charge in [-0.05, 0) is 25.5 Å². The Balaban J connectivity index is 1.67. The second-order valence-electron chi connectivity index (χ2n) is 7.21. The number of halogens is 2. The Bertz CT molecular complexity index is 1030. The number of benzene rings is 1. The fourth-order valence-electron chi connectivity index (χ4n) is 3.47. The topological polar surface area (TPSA) is 113 Å². The number of H-pyrrole nitrogens is 1. The van der Waals surface area contributed by atoms with Crippen LogP contribution in [-0.4, -0.2) is 39.3 Å². The molecule has 4 atom stereocenters. The molecule has 3 N–H and O–H groups in total. The van der Waals surface area contributed by atoms with Gasteiger partial charge >= 0.3 is 5.69 Å². The van der Waals surface area contributed by atoms with Crippen molar-refractivity contribution in [3.8, 4) is 0 Å². The summed E-state index contributed by atoms with van der Waals surface area (Å²) in [4.78, 5) is 38.7. The van der Waals surface area contributed by atoms with Crippen LogP contribution in [0.25, 0.3) is 0 Å². The third-order valence-electron chi connectivity index (χ3n) is 5.24. The summed E-state index contributed by atoms with van der Waals surface area (Å²) in [5.74, 6) is -0.923. The van der Waals surface area contributed by atoms with E-state index in [1.807, 2.05) is 0 Å². The molecule has 0 radical (unpaired) electrons. The van der Waals surface area contributed by atoms with Gasteiger partial charge < -0.3 is 15.2 Å². The number of aromatic nitrogens is 2. The fourth-order valence-corrected chi connectivity index (χ4v) is 4.20. The van der Waals surface area contributed by atoms with Gasteiger partial charge in [-0.1, -0.05) is 36.2 Å². The third kappa shape index (κ3) is 4.62. The first kappa shape index (κ1) is 22.6. The largest absolute Gasteiger partial charge is 0.390 e. The summed E-state index contributed by atoms with van der Waals surface area (Å²) >= 11 is 12.3. The van der Waals surface area contributed by atoms with Crippen molar-refractivity contribution in [3.63, 3.8) is 0 Å². The number of carbonyl (C=O) groups is 1. The lowest BCUT2D eigenvalue weighted by Gasteiger charge is -2.19.